The third kappa shape index (κ3) is 8.41. The van der Waals surface area contributed by atoms with E-state index in [4.69, 9.17) is 19.4 Å². The maximum atomic E-state index is 12.5. The molecular weight excluding hydrogens is 399 g/mol. The molecule has 2 aromatic rings. The first-order valence-corrected chi connectivity index (χ1v) is 10.1. The quantitative estimate of drug-likeness (QED) is 0.241. The Morgan fingerprint density at radius 1 is 1.06 bits per heavy atom. The summed E-state index contributed by atoms with van der Waals surface area (Å²) < 4.78 is 10.2. The molecule has 0 aliphatic rings. The number of hydrogen-bond acceptors (Lipinski definition) is 6. The molecule has 9 heteroatoms. The highest BCUT2D eigenvalue weighted by Gasteiger charge is 2.26. The highest BCUT2D eigenvalue weighted by atomic mass is 16.6. The number of methoxy groups -OCH3 is 1. The number of amides is 2. The molecule has 2 aromatic carbocycles. The first-order chi connectivity index (χ1) is 14.8. The number of carbonyl (C=O) groups excluding carboxylic acids is 2. The van der Waals surface area contributed by atoms with Crippen LogP contribution in [0.2, 0.25) is 0 Å². The normalized spacial score (nSPS) is 12.5. The Labute approximate surface area is 182 Å². The molecule has 0 heterocycles. The lowest BCUT2D eigenvalue weighted by Gasteiger charge is -2.21. The molecule has 4 N–H and O–H groups in total. The summed E-state index contributed by atoms with van der Waals surface area (Å²) >= 11 is 0. The molecule has 0 radical (unpaired) electrons. The summed E-state index contributed by atoms with van der Waals surface area (Å²) in [5.41, 5.74) is 2.92. The zero-order chi connectivity index (χ0) is 22.8. The van der Waals surface area contributed by atoms with Crippen LogP contribution in [0.15, 0.2) is 48.5 Å². The largest absolute Gasteiger partial charge is 0.635 e. The van der Waals surface area contributed by atoms with E-state index in [9.17, 15) is 9.59 Å². The molecular formula is C22H29BN2O6. The Morgan fingerprint density at radius 3 is 2.42 bits per heavy atom. The molecule has 0 aromatic heterocycles. The molecule has 31 heavy (non-hydrogen) atoms. The van der Waals surface area contributed by atoms with E-state index in [1.807, 2.05) is 55.5 Å². The van der Waals surface area contributed by atoms with E-state index in [-0.39, 0.29) is 6.42 Å². The van der Waals surface area contributed by atoms with Gasteiger partial charge in [0, 0.05) is 13.0 Å². The van der Waals surface area contributed by atoms with Crippen molar-refractivity contribution < 1.29 is 29.0 Å². The third-order valence-corrected chi connectivity index (χ3v) is 4.76. The zero-order valence-electron chi connectivity index (χ0n) is 18.0. The summed E-state index contributed by atoms with van der Waals surface area (Å²) in [5, 5.41) is 23.6. The van der Waals surface area contributed by atoms with E-state index in [0.29, 0.717) is 13.0 Å². The summed E-state index contributed by atoms with van der Waals surface area (Å²) in [4.78, 5) is 24.9. The maximum Gasteiger partial charge on any atom is 0.635 e. The van der Waals surface area contributed by atoms with Crippen LogP contribution in [0.1, 0.15) is 23.6 Å². The Hall–Kier alpha value is -2.88. The van der Waals surface area contributed by atoms with Crippen LogP contribution in [0.3, 0.4) is 0 Å². The molecule has 8 nitrogen and oxygen atoms in total. The lowest BCUT2D eigenvalue weighted by Crippen LogP contribution is -2.47. The van der Waals surface area contributed by atoms with Crippen molar-refractivity contribution in [1.29, 1.82) is 0 Å². The molecule has 0 saturated heterocycles. The van der Waals surface area contributed by atoms with Gasteiger partial charge in [0.15, 0.2) is 0 Å². The Kier molecular flexibility index (Phi) is 9.52. The predicted molar refractivity (Wildman–Crippen MR) is 117 cm³/mol. The predicted octanol–water partition coefficient (Wildman–Crippen LogP) is 0.970. The van der Waals surface area contributed by atoms with Gasteiger partial charge in [0.1, 0.15) is 17.9 Å². The van der Waals surface area contributed by atoms with Crippen LogP contribution in [-0.4, -0.2) is 49.1 Å². The number of benzene rings is 2. The van der Waals surface area contributed by atoms with Gasteiger partial charge in [-0.3, -0.25) is 9.59 Å². The van der Waals surface area contributed by atoms with E-state index in [0.717, 1.165) is 22.4 Å². The van der Waals surface area contributed by atoms with E-state index < -0.39 is 31.3 Å². The zero-order valence-corrected chi connectivity index (χ0v) is 18.0. The standard InChI is InChI=1S/C22H29BN2O6/c1-15-7-9-18(10-8-15)14-20(31-23(28)29)25-22(27)16(2)21(26)24-12-11-17-5-4-6-19(13-17)30-3/h4-10,13,16,20,28-29H,11-12,14H2,1-3H3,(H,24,26)(H,25,27)/t16?,20-/m1/s1. The minimum absolute atomic E-state index is 0.216. The maximum absolute atomic E-state index is 12.5. The van der Waals surface area contributed by atoms with Gasteiger partial charge in [0.2, 0.25) is 11.8 Å². The number of rotatable bonds is 11. The fourth-order valence-electron chi connectivity index (χ4n) is 2.93. The monoisotopic (exact) mass is 428 g/mol. The van der Waals surface area contributed by atoms with E-state index >= 15 is 0 Å². The smallest absolute Gasteiger partial charge is 0.497 e. The fraction of sp³-hybridized carbons (Fsp3) is 0.364. The SMILES string of the molecule is COc1cccc(CCNC(=O)C(C)C(=O)N[C@@H](Cc2ccc(C)cc2)OB(O)O)c1. The molecule has 0 aliphatic carbocycles. The van der Waals surface area contributed by atoms with Crippen LogP contribution in [-0.2, 0) is 27.1 Å². The summed E-state index contributed by atoms with van der Waals surface area (Å²) in [6.07, 6.45) is -0.191. The van der Waals surface area contributed by atoms with Crippen LogP contribution in [0, 0.1) is 12.8 Å². The highest BCUT2D eigenvalue weighted by Crippen LogP contribution is 2.13. The van der Waals surface area contributed by atoms with Gasteiger partial charge in [0.05, 0.1) is 7.11 Å². The van der Waals surface area contributed by atoms with Crippen LogP contribution in [0.25, 0.3) is 0 Å². The molecule has 1 unspecified atom stereocenters. The van der Waals surface area contributed by atoms with Gasteiger partial charge in [0.25, 0.3) is 0 Å². The molecule has 0 spiro atoms. The molecule has 2 amide bonds. The van der Waals surface area contributed by atoms with Crippen LogP contribution < -0.4 is 15.4 Å². The van der Waals surface area contributed by atoms with E-state index in [1.165, 1.54) is 6.92 Å². The molecule has 0 aliphatic heterocycles. The molecule has 166 valence electrons. The second-order valence-corrected chi connectivity index (χ2v) is 7.26. The summed E-state index contributed by atoms with van der Waals surface area (Å²) in [5.74, 6) is -1.25. The number of nitrogens with one attached hydrogen (secondary N) is 2. The second kappa shape index (κ2) is 12.1. The number of aryl methyl sites for hydroxylation is 1. The van der Waals surface area contributed by atoms with Gasteiger partial charge in [-0.25, -0.2) is 0 Å². The third-order valence-electron chi connectivity index (χ3n) is 4.76. The van der Waals surface area contributed by atoms with Gasteiger partial charge >= 0.3 is 7.32 Å². The van der Waals surface area contributed by atoms with Gasteiger partial charge < -0.3 is 30.1 Å². The summed E-state index contributed by atoms with van der Waals surface area (Å²) in [7, 11) is -0.463. The van der Waals surface area contributed by atoms with Crippen molar-refractivity contribution in [2.24, 2.45) is 5.92 Å². The number of carbonyl (C=O) groups is 2. The first-order valence-electron chi connectivity index (χ1n) is 10.1. The Bertz CT molecular complexity index is 859. The average Bonchev–Trinajstić information content (AvgIpc) is 2.74. The minimum atomic E-state index is -2.05. The first kappa shape index (κ1) is 24.4. The van der Waals surface area contributed by atoms with Crippen molar-refractivity contribution in [2.45, 2.75) is 32.9 Å². The van der Waals surface area contributed by atoms with Crippen LogP contribution in [0.4, 0.5) is 0 Å². The van der Waals surface area contributed by atoms with Gasteiger partial charge in [-0.15, -0.1) is 0 Å². The number of hydrogen-bond donors (Lipinski definition) is 4. The molecule has 0 saturated carbocycles. The van der Waals surface area contributed by atoms with Crippen molar-refractivity contribution in [3.05, 3.63) is 65.2 Å². The van der Waals surface area contributed by atoms with Crippen LogP contribution in [0.5, 0.6) is 5.75 Å². The Balaban J connectivity index is 1.87. The van der Waals surface area contributed by atoms with Gasteiger partial charge in [-0.1, -0.05) is 42.0 Å². The molecule has 0 fully saturated rings. The topological polar surface area (TPSA) is 117 Å². The van der Waals surface area contributed by atoms with E-state index in [1.54, 1.807) is 7.11 Å². The highest BCUT2D eigenvalue weighted by molar-refractivity contribution is 6.32. The lowest BCUT2D eigenvalue weighted by atomic mass is 10.1. The van der Waals surface area contributed by atoms with Crippen molar-refractivity contribution in [3.8, 4) is 5.75 Å². The molecule has 2 atom stereocenters. The summed E-state index contributed by atoms with van der Waals surface area (Å²) in [6.45, 7) is 3.79. The number of ether oxygens (including phenoxy) is 1. The van der Waals surface area contributed by atoms with Crippen molar-refractivity contribution in [2.75, 3.05) is 13.7 Å². The molecule has 2 rings (SSSR count). The Morgan fingerprint density at radius 2 is 1.77 bits per heavy atom. The van der Waals surface area contributed by atoms with Crippen LogP contribution >= 0.6 is 0 Å². The van der Waals surface area contributed by atoms with Gasteiger partial charge in [-0.2, -0.15) is 0 Å². The van der Waals surface area contributed by atoms with Crippen molar-refractivity contribution >= 4 is 19.1 Å². The van der Waals surface area contributed by atoms with Crippen molar-refractivity contribution in [3.63, 3.8) is 0 Å². The summed E-state index contributed by atoms with van der Waals surface area (Å²) in [6, 6.07) is 15.0. The minimum Gasteiger partial charge on any atom is -0.497 e. The second-order valence-electron chi connectivity index (χ2n) is 7.26. The average molecular weight is 428 g/mol. The lowest BCUT2D eigenvalue weighted by molar-refractivity contribution is -0.136. The van der Waals surface area contributed by atoms with Gasteiger partial charge in [-0.05, 0) is 43.5 Å². The van der Waals surface area contributed by atoms with E-state index in [2.05, 4.69) is 10.6 Å². The molecule has 0 bridgehead atoms. The fourth-order valence-corrected chi connectivity index (χ4v) is 2.93. The van der Waals surface area contributed by atoms with Crippen molar-refractivity contribution in [1.82, 2.24) is 10.6 Å².